The second-order valence-electron chi connectivity index (χ2n) is 8.44. The van der Waals surface area contributed by atoms with E-state index in [-0.39, 0.29) is 0 Å². The summed E-state index contributed by atoms with van der Waals surface area (Å²) in [5.74, 6) is 2.31. The highest BCUT2D eigenvalue weighted by atomic mass is 15.3. The number of rotatable bonds is 10. The maximum Gasteiger partial charge on any atom is 0.229 e. The normalized spacial score (nSPS) is 15.4. The Bertz CT molecular complexity index is 947. The Hall–Kier alpha value is -2.67. The first-order valence-corrected chi connectivity index (χ1v) is 11.7. The second-order valence-corrected chi connectivity index (χ2v) is 8.44. The quantitative estimate of drug-likeness (QED) is 0.517. The summed E-state index contributed by atoms with van der Waals surface area (Å²) in [5, 5.41) is 7.05. The highest BCUT2D eigenvalue weighted by Crippen LogP contribution is 2.24. The average Bonchev–Trinajstić information content (AvgIpc) is 3.23. The SMILES string of the molecule is CCCCC(CC)CNc1nc(N2CCNCC2)nc2c1ncn2Cc1ccccc1. The van der Waals surface area contributed by atoms with Gasteiger partial charge in [0.1, 0.15) is 0 Å². The lowest BCUT2D eigenvalue weighted by Gasteiger charge is -2.27. The van der Waals surface area contributed by atoms with E-state index in [1.54, 1.807) is 0 Å². The van der Waals surface area contributed by atoms with E-state index in [4.69, 9.17) is 15.0 Å². The van der Waals surface area contributed by atoms with Gasteiger partial charge in [0.05, 0.1) is 12.9 Å². The molecule has 1 aliphatic rings. The minimum absolute atomic E-state index is 0.652. The number of hydrogen-bond acceptors (Lipinski definition) is 6. The standard InChI is InChI=1S/C24H35N7/c1-3-5-9-19(4-2)16-26-22-21-23(29-24(28-22)30-14-12-25-13-15-30)31(18-27-21)17-20-10-7-6-8-11-20/h6-8,10-11,18-19,25H,3-5,9,12-17H2,1-2H3,(H,26,28,29). The molecule has 166 valence electrons. The molecular weight excluding hydrogens is 386 g/mol. The zero-order valence-electron chi connectivity index (χ0n) is 18.8. The summed E-state index contributed by atoms with van der Waals surface area (Å²) in [4.78, 5) is 16.9. The number of unbranched alkanes of at least 4 members (excludes halogenated alkanes) is 1. The van der Waals surface area contributed by atoms with Crippen molar-refractivity contribution >= 4 is 22.9 Å². The third-order valence-electron chi connectivity index (χ3n) is 6.15. The molecule has 1 aliphatic heterocycles. The molecule has 0 radical (unpaired) electrons. The van der Waals surface area contributed by atoms with Crippen molar-refractivity contribution in [3.05, 3.63) is 42.2 Å². The largest absolute Gasteiger partial charge is 0.368 e. The van der Waals surface area contributed by atoms with Crippen molar-refractivity contribution in [3.8, 4) is 0 Å². The number of hydrogen-bond donors (Lipinski definition) is 2. The van der Waals surface area contributed by atoms with Crippen molar-refractivity contribution in [2.75, 3.05) is 42.9 Å². The van der Waals surface area contributed by atoms with Crippen molar-refractivity contribution in [1.82, 2.24) is 24.8 Å². The third kappa shape index (κ3) is 5.34. The van der Waals surface area contributed by atoms with Gasteiger partial charge in [-0.1, -0.05) is 63.4 Å². The van der Waals surface area contributed by atoms with Crippen LogP contribution in [0.1, 0.15) is 45.1 Å². The van der Waals surface area contributed by atoms with Crippen molar-refractivity contribution in [3.63, 3.8) is 0 Å². The van der Waals surface area contributed by atoms with Crippen LogP contribution in [0.5, 0.6) is 0 Å². The first-order chi connectivity index (χ1) is 15.3. The molecule has 1 fully saturated rings. The van der Waals surface area contributed by atoms with Gasteiger partial charge < -0.3 is 20.1 Å². The van der Waals surface area contributed by atoms with Crippen LogP contribution in [-0.2, 0) is 6.54 Å². The number of nitrogens with one attached hydrogen (secondary N) is 2. The highest BCUT2D eigenvalue weighted by molar-refractivity contribution is 5.84. The van der Waals surface area contributed by atoms with Crippen LogP contribution in [-0.4, -0.2) is 52.2 Å². The predicted octanol–water partition coefficient (Wildman–Crippen LogP) is 3.91. The van der Waals surface area contributed by atoms with E-state index in [1.807, 2.05) is 12.4 Å². The number of aromatic nitrogens is 4. The second kappa shape index (κ2) is 10.6. The maximum absolute atomic E-state index is 4.96. The molecule has 31 heavy (non-hydrogen) atoms. The van der Waals surface area contributed by atoms with Crippen LogP contribution in [0.3, 0.4) is 0 Å². The molecule has 3 heterocycles. The Balaban J connectivity index is 1.64. The van der Waals surface area contributed by atoms with E-state index in [9.17, 15) is 0 Å². The summed E-state index contributed by atoms with van der Waals surface area (Å²) >= 11 is 0. The average molecular weight is 422 g/mol. The summed E-state index contributed by atoms with van der Waals surface area (Å²) < 4.78 is 2.14. The highest BCUT2D eigenvalue weighted by Gasteiger charge is 2.19. The van der Waals surface area contributed by atoms with Gasteiger partial charge in [-0.05, 0) is 17.9 Å². The first-order valence-electron chi connectivity index (χ1n) is 11.7. The molecule has 4 rings (SSSR count). The number of nitrogens with zero attached hydrogens (tertiary/aromatic N) is 5. The van der Waals surface area contributed by atoms with Crippen LogP contribution >= 0.6 is 0 Å². The Labute approximate surface area is 185 Å². The molecule has 0 amide bonds. The predicted molar refractivity (Wildman–Crippen MR) is 128 cm³/mol. The molecule has 3 aromatic rings. The van der Waals surface area contributed by atoms with Crippen LogP contribution in [0, 0.1) is 5.92 Å². The molecule has 1 unspecified atom stereocenters. The number of piperazine rings is 1. The van der Waals surface area contributed by atoms with Gasteiger partial charge in [0.15, 0.2) is 17.0 Å². The third-order valence-corrected chi connectivity index (χ3v) is 6.15. The number of anilines is 2. The van der Waals surface area contributed by atoms with Gasteiger partial charge in [0, 0.05) is 32.7 Å². The van der Waals surface area contributed by atoms with Crippen LogP contribution in [0.4, 0.5) is 11.8 Å². The van der Waals surface area contributed by atoms with Gasteiger partial charge >= 0.3 is 0 Å². The Morgan fingerprint density at radius 3 is 2.65 bits per heavy atom. The van der Waals surface area contributed by atoms with E-state index in [0.717, 1.165) is 62.2 Å². The number of benzene rings is 1. The molecule has 1 atom stereocenters. The van der Waals surface area contributed by atoms with Gasteiger partial charge in [0.2, 0.25) is 5.95 Å². The summed E-state index contributed by atoms with van der Waals surface area (Å²) in [6.07, 6.45) is 6.84. The van der Waals surface area contributed by atoms with Crippen LogP contribution in [0.25, 0.3) is 11.2 Å². The molecule has 7 heteroatoms. The minimum Gasteiger partial charge on any atom is -0.368 e. The molecule has 1 saturated heterocycles. The molecule has 0 aliphatic carbocycles. The lowest BCUT2D eigenvalue weighted by molar-refractivity contribution is 0.472. The minimum atomic E-state index is 0.652. The molecule has 2 N–H and O–H groups in total. The maximum atomic E-state index is 4.96. The van der Waals surface area contributed by atoms with E-state index < -0.39 is 0 Å². The van der Waals surface area contributed by atoms with E-state index in [1.165, 1.54) is 31.2 Å². The summed E-state index contributed by atoms with van der Waals surface area (Å²) in [6, 6.07) is 10.5. The lowest BCUT2D eigenvalue weighted by atomic mass is 9.99. The molecule has 0 spiro atoms. The Morgan fingerprint density at radius 2 is 1.90 bits per heavy atom. The molecule has 1 aromatic carbocycles. The van der Waals surface area contributed by atoms with Crippen LogP contribution in [0.2, 0.25) is 0 Å². The van der Waals surface area contributed by atoms with Gasteiger partial charge in [-0.2, -0.15) is 9.97 Å². The van der Waals surface area contributed by atoms with E-state index >= 15 is 0 Å². The lowest BCUT2D eigenvalue weighted by Crippen LogP contribution is -2.44. The van der Waals surface area contributed by atoms with Crippen LogP contribution < -0.4 is 15.5 Å². The van der Waals surface area contributed by atoms with Crippen LogP contribution in [0.15, 0.2) is 36.7 Å². The summed E-state index contributed by atoms with van der Waals surface area (Å²) in [5.41, 5.74) is 3.00. The Morgan fingerprint density at radius 1 is 1.10 bits per heavy atom. The van der Waals surface area contributed by atoms with Gasteiger partial charge in [0.25, 0.3) is 0 Å². The van der Waals surface area contributed by atoms with Crippen molar-refractivity contribution in [1.29, 1.82) is 0 Å². The zero-order valence-corrected chi connectivity index (χ0v) is 18.8. The molecule has 7 nitrogen and oxygen atoms in total. The zero-order chi connectivity index (χ0) is 21.5. The molecular formula is C24H35N7. The fourth-order valence-corrected chi connectivity index (χ4v) is 4.14. The van der Waals surface area contributed by atoms with Gasteiger partial charge in [-0.25, -0.2) is 4.98 Å². The number of imidazole rings is 1. The van der Waals surface area contributed by atoms with Crippen molar-refractivity contribution in [2.24, 2.45) is 5.92 Å². The first kappa shape index (κ1) is 21.6. The fourth-order valence-electron chi connectivity index (χ4n) is 4.14. The summed E-state index contributed by atoms with van der Waals surface area (Å²) in [6.45, 7) is 9.98. The van der Waals surface area contributed by atoms with E-state index in [0.29, 0.717) is 5.92 Å². The fraction of sp³-hybridized carbons (Fsp3) is 0.542. The summed E-state index contributed by atoms with van der Waals surface area (Å²) in [7, 11) is 0. The topological polar surface area (TPSA) is 70.9 Å². The molecule has 0 saturated carbocycles. The molecule has 0 bridgehead atoms. The monoisotopic (exact) mass is 421 g/mol. The van der Waals surface area contributed by atoms with Gasteiger partial charge in [-0.3, -0.25) is 0 Å². The molecule has 2 aromatic heterocycles. The van der Waals surface area contributed by atoms with Crippen molar-refractivity contribution in [2.45, 2.75) is 46.1 Å². The van der Waals surface area contributed by atoms with Crippen molar-refractivity contribution < 1.29 is 0 Å². The smallest absolute Gasteiger partial charge is 0.229 e. The Kier molecular flexibility index (Phi) is 7.35. The van der Waals surface area contributed by atoms with Gasteiger partial charge in [-0.15, -0.1) is 0 Å². The van der Waals surface area contributed by atoms with E-state index in [2.05, 4.69) is 58.2 Å². The number of fused-ring (bicyclic) bond motifs is 1.